The molecule has 0 saturated carbocycles. The van der Waals surface area contributed by atoms with Crippen LogP contribution in [0.5, 0.6) is 0 Å². The van der Waals surface area contributed by atoms with Crippen LogP contribution in [0.3, 0.4) is 0 Å². The third kappa shape index (κ3) is 2.98. The smallest absolute Gasteiger partial charge is 0.346 e. The Morgan fingerprint density at radius 1 is 1.45 bits per heavy atom. The van der Waals surface area contributed by atoms with Gasteiger partial charge in [-0.1, -0.05) is 23.3 Å². The third-order valence-corrected chi connectivity index (χ3v) is 3.22. The zero-order valence-corrected chi connectivity index (χ0v) is 11.6. The van der Waals surface area contributed by atoms with Gasteiger partial charge >= 0.3 is 11.9 Å². The van der Waals surface area contributed by atoms with Gasteiger partial charge in [0.2, 0.25) is 0 Å². The van der Waals surface area contributed by atoms with Crippen molar-refractivity contribution in [1.82, 2.24) is 0 Å². The average Bonchev–Trinajstić information content (AvgIpc) is 2.74. The van der Waals surface area contributed by atoms with Crippen LogP contribution in [0, 0.1) is 0 Å². The maximum atomic E-state index is 11.7. The number of cyclic esters (lactones) is 1. The van der Waals surface area contributed by atoms with E-state index in [1.165, 1.54) is 0 Å². The van der Waals surface area contributed by atoms with Gasteiger partial charge in [-0.3, -0.25) is 0 Å². The van der Waals surface area contributed by atoms with Crippen LogP contribution in [0.2, 0.25) is 0 Å². The second kappa shape index (κ2) is 6.23. The van der Waals surface area contributed by atoms with Crippen molar-refractivity contribution in [2.75, 3.05) is 6.61 Å². The van der Waals surface area contributed by atoms with Crippen LogP contribution < -0.4 is 0 Å². The van der Waals surface area contributed by atoms with Crippen molar-refractivity contribution in [1.29, 1.82) is 0 Å². The monoisotopic (exact) mass is 337 g/mol. The Kier molecular flexibility index (Phi) is 4.39. The number of esters is 2. The van der Waals surface area contributed by atoms with Gasteiger partial charge in [0, 0.05) is 4.91 Å². The molecule has 0 amide bonds. The van der Waals surface area contributed by atoms with Gasteiger partial charge in [-0.25, -0.2) is 9.59 Å². The van der Waals surface area contributed by atoms with Gasteiger partial charge < -0.3 is 9.47 Å². The highest BCUT2D eigenvalue weighted by Crippen LogP contribution is 2.28. The van der Waals surface area contributed by atoms with Gasteiger partial charge in [0.15, 0.2) is 6.10 Å². The fourth-order valence-electron chi connectivity index (χ4n) is 1.56. The number of carbonyl (C=O) groups excluding carboxylic acids is 2. The fourth-order valence-corrected chi connectivity index (χ4v) is 1.99. The lowest BCUT2D eigenvalue weighted by atomic mass is 10.2. The van der Waals surface area contributed by atoms with E-state index in [9.17, 15) is 9.59 Å². The van der Waals surface area contributed by atoms with Crippen LogP contribution in [0.25, 0.3) is 10.4 Å². The maximum Gasteiger partial charge on any atom is 0.346 e. The van der Waals surface area contributed by atoms with Gasteiger partial charge in [-0.15, -0.1) is 0 Å². The molecule has 2 rings (SSSR count). The first-order valence-electron chi connectivity index (χ1n) is 5.51. The maximum absolute atomic E-state index is 11.7. The lowest BCUT2D eigenvalue weighted by Gasteiger charge is -2.11. The summed E-state index contributed by atoms with van der Waals surface area (Å²) < 4.78 is 9.99. The first-order chi connectivity index (χ1) is 9.63. The van der Waals surface area contributed by atoms with Gasteiger partial charge in [-0.05, 0) is 33.6 Å². The van der Waals surface area contributed by atoms with E-state index in [2.05, 4.69) is 26.0 Å². The Morgan fingerprint density at radius 2 is 2.15 bits per heavy atom. The Hall–Kier alpha value is -2.31. The molecule has 7 nitrogen and oxygen atoms in total. The molecule has 1 aromatic carbocycles. The molecule has 1 atom stereocenters. The molecular formula is C12H8BrN3O4. The van der Waals surface area contributed by atoms with Crippen molar-refractivity contribution < 1.29 is 19.1 Å². The molecule has 0 bridgehead atoms. The van der Waals surface area contributed by atoms with Crippen molar-refractivity contribution in [2.24, 2.45) is 5.11 Å². The van der Waals surface area contributed by atoms with E-state index in [-0.39, 0.29) is 16.8 Å². The van der Waals surface area contributed by atoms with Crippen molar-refractivity contribution in [3.8, 4) is 0 Å². The molecule has 0 aromatic heterocycles. The molecule has 0 N–H and O–H groups in total. The zero-order valence-electron chi connectivity index (χ0n) is 10.0. The van der Waals surface area contributed by atoms with Crippen LogP contribution in [-0.4, -0.2) is 24.6 Å². The molecule has 1 heterocycles. The molecule has 102 valence electrons. The number of carbonyl (C=O) groups is 2. The van der Waals surface area contributed by atoms with Crippen molar-refractivity contribution in [2.45, 2.75) is 6.10 Å². The van der Waals surface area contributed by atoms with Crippen LogP contribution >= 0.6 is 15.9 Å². The highest BCUT2D eigenvalue weighted by molar-refractivity contribution is 9.12. The zero-order chi connectivity index (χ0) is 14.5. The number of hydrogen-bond donors (Lipinski definition) is 0. The summed E-state index contributed by atoms with van der Waals surface area (Å²) in [6.45, 7) is -0.219. The lowest BCUT2D eigenvalue weighted by molar-refractivity contribution is -0.140. The summed E-state index contributed by atoms with van der Waals surface area (Å²) >= 11 is 2.96. The Balaban J connectivity index is 2.03. The molecular weight excluding hydrogens is 330 g/mol. The minimum absolute atomic E-state index is 0.0380. The quantitative estimate of drug-likeness (QED) is 0.364. The molecule has 1 unspecified atom stereocenters. The molecule has 1 aromatic rings. The molecule has 0 radical (unpaired) electrons. The van der Waals surface area contributed by atoms with E-state index in [0.29, 0.717) is 5.56 Å². The normalized spacial score (nSPS) is 17.4. The second-order valence-electron chi connectivity index (χ2n) is 3.75. The van der Waals surface area contributed by atoms with Crippen LogP contribution in [0.1, 0.15) is 10.4 Å². The van der Waals surface area contributed by atoms with E-state index >= 15 is 0 Å². The summed E-state index contributed by atoms with van der Waals surface area (Å²) in [7, 11) is 0. The van der Waals surface area contributed by atoms with E-state index in [1.807, 2.05) is 0 Å². The Labute approximate surface area is 121 Å². The lowest BCUT2D eigenvalue weighted by Crippen LogP contribution is -2.21. The summed E-state index contributed by atoms with van der Waals surface area (Å²) in [4.78, 5) is 25.7. The summed E-state index contributed by atoms with van der Waals surface area (Å²) in [5.74, 6) is -1.21. The first kappa shape index (κ1) is 14.1. The van der Waals surface area contributed by atoms with Crippen molar-refractivity contribution in [3.63, 3.8) is 0 Å². The SMILES string of the molecule is [N-]=[N+]=NC1=C(Br)C(=O)OC1COC(=O)c1ccccc1. The number of benzene rings is 1. The predicted molar refractivity (Wildman–Crippen MR) is 71.7 cm³/mol. The van der Waals surface area contributed by atoms with E-state index in [4.69, 9.17) is 15.0 Å². The minimum Gasteiger partial charge on any atom is -0.458 e. The van der Waals surface area contributed by atoms with Gasteiger partial charge in [0.1, 0.15) is 11.1 Å². The number of hydrogen-bond acceptors (Lipinski definition) is 5. The fraction of sp³-hybridized carbons (Fsp3) is 0.167. The molecule has 8 heteroatoms. The van der Waals surface area contributed by atoms with E-state index < -0.39 is 18.0 Å². The summed E-state index contributed by atoms with van der Waals surface area (Å²) in [5, 5.41) is 3.36. The third-order valence-electron chi connectivity index (χ3n) is 2.49. The Morgan fingerprint density at radius 3 is 2.80 bits per heavy atom. The van der Waals surface area contributed by atoms with Crippen molar-refractivity contribution >= 4 is 27.9 Å². The second-order valence-corrected chi connectivity index (χ2v) is 4.54. The number of ether oxygens (including phenoxy) is 2. The first-order valence-corrected chi connectivity index (χ1v) is 6.30. The number of rotatable bonds is 4. The number of azide groups is 1. The van der Waals surface area contributed by atoms with Gasteiger partial charge in [0.25, 0.3) is 0 Å². The molecule has 1 aliphatic rings. The summed E-state index contributed by atoms with van der Waals surface area (Å²) in [6.07, 6.45) is -0.902. The van der Waals surface area contributed by atoms with Crippen LogP contribution in [0.15, 0.2) is 45.6 Å². The molecule has 0 aliphatic carbocycles. The van der Waals surface area contributed by atoms with Crippen LogP contribution in [-0.2, 0) is 14.3 Å². The van der Waals surface area contributed by atoms with Crippen molar-refractivity contribution in [3.05, 3.63) is 56.5 Å². The van der Waals surface area contributed by atoms with Gasteiger partial charge in [0.05, 0.1) is 11.3 Å². The standard InChI is InChI=1S/C12H8BrN3O4/c13-9-10(15-16-14)8(20-12(9)18)6-19-11(17)7-4-2-1-3-5-7/h1-5,8H,6H2. The summed E-state index contributed by atoms with van der Waals surface area (Å²) in [6, 6.07) is 8.38. The van der Waals surface area contributed by atoms with E-state index in [0.717, 1.165) is 0 Å². The molecule has 1 aliphatic heterocycles. The average molecular weight is 338 g/mol. The molecule has 20 heavy (non-hydrogen) atoms. The highest BCUT2D eigenvalue weighted by atomic mass is 79.9. The molecule has 0 fully saturated rings. The topological polar surface area (TPSA) is 101 Å². The largest absolute Gasteiger partial charge is 0.458 e. The predicted octanol–water partition coefficient (Wildman–Crippen LogP) is 2.69. The van der Waals surface area contributed by atoms with Crippen LogP contribution in [0.4, 0.5) is 0 Å². The minimum atomic E-state index is -0.902. The molecule has 0 spiro atoms. The number of nitrogens with zero attached hydrogens (tertiary/aromatic N) is 3. The van der Waals surface area contributed by atoms with E-state index in [1.54, 1.807) is 30.3 Å². The number of halogens is 1. The summed E-state index contributed by atoms with van der Waals surface area (Å²) in [5.41, 5.74) is 8.88. The molecule has 0 saturated heterocycles. The highest BCUT2D eigenvalue weighted by Gasteiger charge is 2.33. The van der Waals surface area contributed by atoms with Gasteiger partial charge in [-0.2, -0.15) is 0 Å². The Bertz CT molecular complexity index is 623.